The van der Waals surface area contributed by atoms with Crippen molar-refractivity contribution in [3.05, 3.63) is 137 Å². The molecule has 0 atom stereocenters. The van der Waals surface area contributed by atoms with Gasteiger partial charge in [0, 0.05) is 27.9 Å². The molecular formula is C48H51N. The molecule has 2 saturated carbocycles. The second-order valence-electron chi connectivity index (χ2n) is 16.6. The third-order valence-electron chi connectivity index (χ3n) is 13.0. The van der Waals surface area contributed by atoms with Crippen molar-refractivity contribution in [1.29, 1.82) is 0 Å². The molecule has 0 unspecified atom stereocenters. The van der Waals surface area contributed by atoms with Crippen LogP contribution in [0.25, 0.3) is 22.3 Å². The van der Waals surface area contributed by atoms with Gasteiger partial charge in [0.1, 0.15) is 0 Å². The number of rotatable bonds is 5. The molecule has 49 heavy (non-hydrogen) atoms. The van der Waals surface area contributed by atoms with E-state index in [0.717, 1.165) is 0 Å². The number of nitrogens with zero attached hydrogens (tertiary/aromatic N) is 1. The van der Waals surface area contributed by atoms with Crippen LogP contribution in [0.4, 0.5) is 17.1 Å². The predicted molar refractivity (Wildman–Crippen MR) is 208 cm³/mol. The number of anilines is 3. The minimum atomic E-state index is -0.118. The maximum Gasteiger partial charge on any atom is 0.0465 e. The summed E-state index contributed by atoms with van der Waals surface area (Å²) < 4.78 is 0. The van der Waals surface area contributed by atoms with Gasteiger partial charge in [0.2, 0.25) is 0 Å². The van der Waals surface area contributed by atoms with Gasteiger partial charge in [-0.15, -0.1) is 0 Å². The molecule has 4 aliphatic rings. The molecule has 0 amide bonds. The molecule has 0 saturated heterocycles. The van der Waals surface area contributed by atoms with Crippen LogP contribution in [0.1, 0.15) is 137 Å². The van der Waals surface area contributed by atoms with Gasteiger partial charge in [-0.2, -0.15) is 0 Å². The molecule has 5 aromatic rings. The molecule has 0 N–H and O–H groups in total. The van der Waals surface area contributed by atoms with Gasteiger partial charge in [-0.25, -0.2) is 0 Å². The van der Waals surface area contributed by atoms with Crippen molar-refractivity contribution in [1.82, 2.24) is 0 Å². The lowest BCUT2D eigenvalue weighted by atomic mass is 9.72. The molecule has 4 aliphatic carbocycles. The van der Waals surface area contributed by atoms with Gasteiger partial charge in [0.05, 0.1) is 0 Å². The van der Waals surface area contributed by atoms with Gasteiger partial charge >= 0.3 is 0 Å². The molecule has 0 radical (unpaired) electrons. The Bertz CT molecular complexity index is 1950. The number of hydrogen-bond donors (Lipinski definition) is 0. The van der Waals surface area contributed by atoms with E-state index in [1.807, 2.05) is 0 Å². The molecule has 0 aliphatic heterocycles. The van der Waals surface area contributed by atoms with Gasteiger partial charge in [-0.1, -0.05) is 133 Å². The lowest BCUT2D eigenvalue weighted by Crippen LogP contribution is -2.24. The second kappa shape index (κ2) is 11.8. The molecular weight excluding hydrogens is 591 g/mol. The van der Waals surface area contributed by atoms with Crippen molar-refractivity contribution >= 4 is 17.1 Å². The Balaban J connectivity index is 1.14. The first-order valence-electron chi connectivity index (χ1n) is 19.2. The Hall–Kier alpha value is -4.10. The Morgan fingerprint density at radius 1 is 0.429 bits per heavy atom. The fraction of sp³-hybridized carbons (Fsp3) is 0.375. The van der Waals surface area contributed by atoms with E-state index in [4.69, 9.17) is 0 Å². The number of benzene rings is 5. The van der Waals surface area contributed by atoms with Crippen molar-refractivity contribution in [3.8, 4) is 22.3 Å². The fourth-order valence-electron chi connectivity index (χ4n) is 10.4. The maximum absolute atomic E-state index is 2.51. The van der Waals surface area contributed by atoms with Crippen molar-refractivity contribution in [3.63, 3.8) is 0 Å². The summed E-state index contributed by atoms with van der Waals surface area (Å²) in [5.41, 5.74) is 18.1. The SMILES string of the molecule is CC1(C)c2ccccc2-c2ccc3c(c21)C(C)(C)c1cc(N(c2ccc(C4CCCCC4)cc2)c2ccc(C4CCCCC4)cc2)ccc1-3. The Morgan fingerprint density at radius 3 is 1.39 bits per heavy atom. The van der Waals surface area contributed by atoms with Crippen molar-refractivity contribution in [2.75, 3.05) is 4.90 Å². The van der Waals surface area contributed by atoms with Crippen LogP contribution < -0.4 is 4.90 Å². The highest BCUT2D eigenvalue weighted by Gasteiger charge is 2.45. The molecule has 2 fully saturated rings. The fourth-order valence-corrected chi connectivity index (χ4v) is 10.4. The van der Waals surface area contributed by atoms with E-state index in [9.17, 15) is 0 Å². The van der Waals surface area contributed by atoms with E-state index in [1.165, 1.54) is 137 Å². The van der Waals surface area contributed by atoms with Crippen molar-refractivity contribution < 1.29 is 0 Å². The number of fused-ring (bicyclic) bond motifs is 7. The van der Waals surface area contributed by atoms with Gasteiger partial charge in [0.25, 0.3) is 0 Å². The van der Waals surface area contributed by atoms with Crippen molar-refractivity contribution in [2.45, 2.75) is 115 Å². The minimum absolute atomic E-state index is 0.0361. The monoisotopic (exact) mass is 641 g/mol. The normalized spacial score (nSPS) is 19.2. The summed E-state index contributed by atoms with van der Waals surface area (Å²) in [6.45, 7) is 9.78. The number of hydrogen-bond acceptors (Lipinski definition) is 1. The highest BCUT2D eigenvalue weighted by atomic mass is 15.1. The van der Waals surface area contributed by atoms with Crippen LogP contribution in [-0.4, -0.2) is 0 Å². The third kappa shape index (κ3) is 4.94. The van der Waals surface area contributed by atoms with E-state index in [0.29, 0.717) is 11.8 Å². The van der Waals surface area contributed by atoms with Crippen LogP contribution >= 0.6 is 0 Å². The Kier molecular flexibility index (Phi) is 7.42. The predicted octanol–water partition coefficient (Wildman–Crippen LogP) is 13.9. The Labute approximate surface area is 294 Å². The summed E-state index contributed by atoms with van der Waals surface area (Å²) in [6.07, 6.45) is 13.6. The zero-order valence-electron chi connectivity index (χ0n) is 30.0. The first-order valence-corrected chi connectivity index (χ1v) is 19.2. The highest BCUT2D eigenvalue weighted by Crippen LogP contribution is 2.59. The lowest BCUT2D eigenvalue weighted by molar-refractivity contribution is 0.443. The van der Waals surface area contributed by atoms with Crippen LogP contribution in [0.15, 0.2) is 103 Å². The van der Waals surface area contributed by atoms with Crippen LogP contribution in [0.3, 0.4) is 0 Å². The summed E-state index contributed by atoms with van der Waals surface area (Å²) in [5.74, 6) is 1.42. The van der Waals surface area contributed by atoms with E-state index in [2.05, 4.69) is 136 Å². The molecule has 248 valence electrons. The second-order valence-corrected chi connectivity index (χ2v) is 16.6. The van der Waals surface area contributed by atoms with Gasteiger partial charge in [-0.3, -0.25) is 0 Å². The Morgan fingerprint density at radius 2 is 0.857 bits per heavy atom. The molecule has 1 heteroatoms. The van der Waals surface area contributed by atoms with E-state index < -0.39 is 0 Å². The summed E-state index contributed by atoms with van der Waals surface area (Å²) in [4.78, 5) is 2.51. The average molecular weight is 642 g/mol. The third-order valence-corrected chi connectivity index (χ3v) is 13.0. The average Bonchev–Trinajstić information content (AvgIpc) is 3.52. The topological polar surface area (TPSA) is 3.24 Å². The molecule has 0 spiro atoms. The summed E-state index contributed by atoms with van der Waals surface area (Å²) >= 11 is 0. The molecule has 0 heterocycles. The molecule has 0 aromatic heterocycles. The summed E-state index contributed by atoms with van der Waals surface area (Å²) in [6, 6.07) is 40.4. The molecule has 5 aromatic carbocycles. The van der Waals surface area contributed by atoms with Crippen LogP contribution in [0.5, 0.6) is 0 Å². The molecule has 0 bridgehead atoms. The lowest BCUT2D eigenvalue weighted by Gasteiger charge is -2.31. The molecule has 1 nitrogen and oxygen atoms in total. The van der Waals surface area contributed by atoms with Crippen molar-refractivity contribution in [2.24, 2.45) is 0 Å². The highest BCUT2D eigenvalue weighted by molar-refractivity contribution is 5.92. The summed E-state index contributed by atoms with van der Waals surface area (Å²) in [7, 11) is 0. The zero-order valence-corrected chi connectivity index (χ0v) is 30.0. The molecule has 9 rings (SSSR count). The van der Waals surface area contributed by atoms with E-state index >= 15 is 0 Å². The van der Waals surface area contributed by atoms with Gasteiger partial charge in [-0.05, 0) is 130 Å². The standard InChI is InChI=1S/C48H51N/c1-47(2)43-18-12-11-17-39(43)41-29-30-42-40-28-27-38(31-44(40)48(3,4)46(42)45(41)47)49(36-23-19-34(20-24-36)32-13-7-5-8-14-32)37-25-21-35(22-26-37)33-15-9-6-10-16-33/h11-12,17-33H,5-10,13-16H2,1-4H3. The smallest absolute Gasteiger partial charge is 0.0465 e. The minimum Gasteiger partial charge on any atom is -0.310 e. The van der Waals surface area contributed by atoms with Crippen LogP contribution in [0.2, 0.25) is 0 Å². The van der Waals surface area contributed by atoms with Crippen LogP contribution in [0, 0.1) is 0 Å². The summed E-state index contributed by atoms with van der Waals surface area (Å²) in [5, 5.41) is 0. The quantitative estimate of drug-likeness (QED) is 0.185. The first-order chi connectivity index (χ1) is 23.8. The van der Waals surface area contributed by atoms with E-state index in [-0.39, 0.29) is 10.8 Å². The van der Waals surface area contributed by atoms with Gasteiger partial charge < -0.3 is 4.90 Å². The first kappa shape index (κ1) is 30.9. The zero-order chi connectivity index (χ0) is 33.3. The maximum atomic E-state index is 2.51. The largest absolute Gasteiger partial charge is 0.310 e. The van der Waals surface area contributed by atoms with E-state index in [1.54, 1.807) is 0 Å². The van der Waals surface area contributed by atoms with Crippen LogP contribution in [-0.2, 0) is 10.8 Å². The van der Waals surface area contributed by atoms with Gasteiger partial charge in [0.15, 0.2) is 0 Å².